The van der Waals surface area contributed by atoms with Gasteiger partial charge in [0.05, 0.1) is 16.7 Å². The molecule has 0 radical (unpaired) electrons. The molecule has 3 atom stereocenters. The molecule has 1 amide bonds. The van der Waals surface area contributed by atoms with Gasteiger partial charge in [0.2, 0.25) is 0 Å². The van der Waals surface area contributed by atoms with Crippen molar-refractivity contribution in [3.05, 3.63) is 46.6 Å². The monoisotopic (exact) mass is 549 g/mol. The smallest absolute Gasteiger partial charge is 0.272 e. The summed E-state index contributed by atoms with van der Waals surface area (Å²) >= 11 is 6.12. The fourth-order valence-electron chi connectivity index (χ4n) is 6.80. The molecule has 3 heterocycles. The van der Waals surface area contributed by atoms with Crippen molar-refractivity contribution in [1.82, 2.24) is 25.7 Å². The minimum absolute atomic E-state index is 0.0620. The topological polar surface area (TPSA) is 106 Å². The number of nitrogens with zero attached hydrogens (tertiary/aromatic N) is 5. The maximum atomic E-state index is 12.8. The predicted molar refractivity (Wildman–Crippen MR) is 149 cm³/mol. The van der Waals surface area contributed by atoms with E-state index in [-0.39, 0.29) is 18.1 Å². The summed E-state index contributed by atoms with van der Waals surface area (Å²) in [6.07, 6.45) is 6.05. The Morgan fingerprint density at radius 1 is 1.03 bits per heavy atom. The maximum absolute atomic E-state index is 12.8. The van der Waals surface area contributed by atoms with Gasteiger partial charge in [-0.15, -0.1) is 10.2 Å². The Kier molecular flexibility index (Phi) is 7.87. The van der Waals surface area contributed by atoms with Crippen molar-refractivity contribution in [1.29, 1.82) is 5.26 Å². The summed E-state index contributed by atoms with van der Waals surface area (Å²) in [5.74, 6) is 3.08. The van der Waals surface area contributed by atoms with Crippen LogP contribution in [0.5, 0.6) is 5.75 Å². The zero-order valence-corrected chi connectivity index (χ0v) is 22.9. The van der Waals surface area contributed by atoms with Gasteiger partial charge in [0.25, 0.3) is 5.91 Å². The van der Waals surface area contributed by atoms with Crippen LogP contribution in [0.3, 0.4) is 0 Å². The number of hydrogen-bond acceptors (Lipinski definition) is 8. The summed E-state index contributed by atoms with van der Waals surface area (Å²) in [7, 11) is 0. The third-order valence-corrected chi connectivity index (χ3v) is 9.35. The summed E-state index contributed by atoms with van der Waals surface area (Å²) in [6.45, 7) is 6.41. The second-order valence-electron chi connectivity index (χ2n) is 11.4. The number of rotatable bonds is 6. The van der Waals surface area contributed by atoms with E-state index in [2.05, 4.69) is 36.7 Å². The highest BCUT2D eigenvalue weighted by atomic mass is 35.5. The van der Waals surface area contributed by atoms with Crippen LogP contribution in [0.1, 0.15) is 54.6 Å². The largest absolute Gasteiger partial charge is 0.490 e. The summed E-state index contributed by atoms with van der Waals surface area (Å²) in [4.78, 5) is 17.8. The number of nitriles is 1. The molecule has 4 fully saturated rings. The minimum atomic E-state index is -0.177. The van der Waals surface area contributed by atoms with E-state index < -0.39 is 0 Å². The molecule has 0 bridgehead atoms. The highest BCUT2D eigenvalue weighted by molar-refractivity contribution is 6.31. The van der Waals surface area contributed by atoms with Crippen LogP contribution >= 0.6 is 11.6 Å². The second kappa shape index (κ2) is 11.7. The molecule has 0 unspecified atom stereocenters. The molecule has 1 aromatic carbocycles. The zero-order chi connectivity index (χ0) is 26.8. The molecule has 1 aromatic heterocycles. The van der Waals surface area contributed by atoms with E-state index >= 15 is 0 Å². The van der Waals surface area contributed by atoms with E-state index in [4.69, 9.17) is 21.6 Å². The molecule has 9 nitrogen and oxygen atoms in total. The number of hydrogen-bond donors (Lipinski definition) is 2. The van der Waals surface area contributed by atoms with Crippen LogP contribution in [0.4, 0.5) is 5.82 Å². The molecule has 2 aliphatic carbocycles. The predicted octanol–water partition coefficient (Wildman–Crippen LogP) is 3.24. The third kappa shape index (κ3) is 5.98. The molecule has 206 valence electrons. The molecular weight excluding hydrogens is 514 g/mol. The lowest BCUT2D eigenvalue weighted by Crippen LogP contribution is -2.50. The molecule has 10 heteroatoms. The van der Waals surface area contributed by atoms with E-state index in [1.165, 1.54) is 25.9 Å². The van der Waals surface area contributed by atoms with E-state index in [0.717, 1.165) is 75.6 Å². The lowest BCUT2D eigenvalue weighted by Gasteiger charge is -2.38. The fourth-order valence-corrected chi connectivity index (χ4v) is 7.01. The molecule has 2 aromatic rings. The van der Waals surface area contributed by atoms with Crippen LogP contribution in [0.2, 0.25) is 5.02 Å². The Balaban J connectivity index is 0.939. The molecule has 2 saturated carbocycles. The highest BCUT2D eigenvalue weighted by Crippen LogP contribution is 2.37. The van der Waals surface area contributed by atoms with Crippen molar-refractivity contribution >= 4 is 23.3 Å². The van der Waals surface area contributed by atoms with Crippen LogP contribution in [0.25, 0.3) is 0 Å². The van der Waals surface area contributed by atoms with Crippen LogP contribution < -0.4 is 20.3 Å². The molecule has 2 N–H and O–H groups in total. The molecule has 0 spiro atoms. The number of fused-ring (bicyclic) bond motifs is 1. The van der Waals surface area contributed by atoms with Gasteiger partial charge in [-0.1, -0.05) is 11.6 Å². The lowest BCUT2D eigenvalue weighted by molar-refractivity contribution is 0.0888. The Hall–Kier alpha value is -2.93. The number of halogens is 1. The quantitative estimate of drug-likeness (QED) is 0.565. The lowest BCUT2D eigenvalue weighted by atomic mass is 9.93. The van der Waals surface area contributed by atoms with Gasteiger partial charge in [-0.25, -0.2) is 0 Å². The van der Waals surface area contributed by atoms with Crippen molar-refractivity contribution in [2.24, 2.45) is 11.8 Å². The molecule has 39 heavy (non-hydrogen) atoms. The number of nitrogens with one attached hydrogen (secondary N) is 2. The maximum Gasteiger partial charge on any atom is 0.272 e. The first kappa shape index (κ1) is 26.3. The molecule has 2 aliphatic heterocycles. The number of ether oxygens (including phenoxy) is 1. The molecule has 4 aliphatic rings. The van der Waals surface area contributed by atoms with E-state index in [1.807, 2.05) is 6.07 Å². The molecule has 2 saturated heterocycles. The number of carbonyl (C=O) groups excluding carboxylic acids is 1. The highest BCUT2D eigenvalue weighted by Gasteiger charge is 2.40. The van der Waals surface area contributed by atoms with Crippen LogP contribution in [0, 0.1) is 23.2 Å². The van der Waals surface area contributed by atoms with Crippen molar-refractivity contribution < 1.29 is 9.53 Å². The normalized spacial score (nSPS) is 29.0. The van der Waals surface area contributed by atoms with Crippen molar-refractivity contribution in [2.45, 2.75) is 56.7 Å². The molecule has 6 rings (SSSR count). The summed E-state index contributed by atoms with van der Waals surface area (Å²) < 4.78 is 6.06. The first-order valence-electron chi connectivity index (χ1n) is 14.3. The zero-order valence-electron chi connectivity index (χ0n) is 22.2. The number of aromatic nitrogens is 2. The average Bonchev–Trinajstić information content (AvgIpc) is 3.58. The molecular formula is C29H36ClN7O2. The van der Waals surface area contributed by atoms with Gasteiger partial charge in [0, 0.05) is 44.3 Å². The van der Waals surface area contributed by atoms with Crippen LogP contribution in [-0.4, -0.2) is 78.5 Å². The number of benzene rings is 1. The Bertz CT molecular complexity index is 1190. The van der Waals surface area contributed by atoms with Crippen molar-refractivity contribution in [2.75, 3.05) is 44.2 Å². The van der Waals surface area contributed by atoms with Gasteiger partial charge in [-0.3, -0.25) is 9.69 Å². The second-order valence-corrected chi connectivity index (χ2v) is 11.8. The van der Waals surface area contributed by atoms with Gasteiger partial charge < -0.3 is 20.3 Å². The summed E-state index contributed by atoms with van der Waals surface area (Å²) in [5.41, 5.74) is 0.794. The first-order valence-corrected chi connectivity index (χ1v) is 14.6. The van der Waals surface area contributed by atoms with E-state index in [1.54, 1.807) is 24.3 Å². The SMILES string of the molecule is N#Cc1ccc(O[C@H]2CC[C@@H](NC(=O)c3ccc(N4CCN([C@@H]5C[C@H]6CNC[C@H]6C5)CC4)nn3)CC2)cc1Cl. The number of anilines is 1. The Morgan fingerprint density at radius 3 is 2.41 bits per heavy atom. The van der Waals surface area contributed by atoms with Gasteiger partial charge >= 0.3 is 0 Å². The average molecular weight is 550 g/mol. The number of piperazine rings is 1. The summed E-state index contributed by atoms with van der Waals surface area (Å²) in [6, 6.07) is 11.7. The van der Waals surface area contributed by atoms with Gasteiger partial charge in [0.15, 0.2) is 11.5 Å². The minimum Gasteiger partial charge on any atom is -0.490 e. The van der Waals surface area contributed by atoms with E-state index in [0.29, 0.717) is 22.0 Å². The number of amides is 1. The van der Waals surface area contributed by atoms with Gasteiger partial charge in [0.1, 0.15) is 11.8 Å². The number of carbonyl (C=O) groups is 1. The third-order valence-electron chi connectivity index (χ3n) is 9.04. The standard InChI is InChI=1S/C29H36ClN7O2/c30-26-15-25(4-1-19(26)16-31)39-24-5-2-22(3-6-24)33-29(38)27-7-8-28(35-34-27)37-11-9-36(10-12-37)23-13-20-17-32-18-21(20)14-23/h1,4,7-8,15,20-24,32H,2-3,5-6,9-14,17-18H2,(H,33,38)/t20-,21+,22-,23+,24+. The first-order chi connectivity index (χ1) is 19.1. The Morgan fingerprint density at radius 2 is 1.77 bits per heavy atom. The van der Waals surface area contributed by atoms with Crippen molar-refractivity contribution in [3.63, 3.8) is 0 Å². The fraction of sp³-hybridized carbons (Fsp3) is 0.586. The Labute approximate surface area is 234 Å². The van der Waals surface area contributed by atoms with Gasteiger partial charge in [-0.2, -0.15) is 5.26 Å². The van der Waals surface area contributed by atoms with Crippen LogP contribution in [-0.2, 0) is 0 Å². The van der Waals surface area contributed by atoms with Crippen LogP contribution in [0.15, 0.2) is 30.3 Å². The van der Waals surface area contributed by atoms with Crippen molar-refractivity contribution in [3.8, 4) is 11.8 Å². The van der Waals surface area contributed by atoms with Gasteiger partial charge in [-0.05, 0) is 87.7 Å². The van der Waals surface area contributed by atoms with E-state index in [9.17, 15) is 4.79 Å². The summed E-state index contributed by atoms with van der Waals surface area (Å²) in [5, 5.41) is 24.7.